The number of aryl methyl sites for hydroxylation is 2. The van der Waals surface area contributed by atoms with Gasteiger partial charge in [0.05, 0.1) is 12.2 Å². The van der Waals surface area contributed by atoms with E-state index in [4.69, 9.17) is 16.3 Å². The lowest BCUT2D eigenvalue weighted by atomic mass is 9.86. The zero-order valence-corrected chi connectivity index (χ0v) is 18.0. The number of rotatable bonds is 6. The van der Waals surface area contributed by atoms with Gasteiger partial charge in [-0.2, -0.15) is 5.10 Å². The van der Waals surface area contributed by atoms with E-state index in [2.05, 4.69) is 17.3 Å². The first-order valence-corrected chi connectivity index (χ1v) is 10.5. The van der Waals surface area contributed by atoms with Gasteiger partial charge in [-0.25, -0.2) is 9.48 Å². The first kappa shape index (κ1) is 21.4. The summed E-state index contributed by atoms with van der Waals surface area (Å²) in [6.07, 6.45) is 4.40. The van der Waals surface area contributed by atoms with Gasteiger partial charge in [0, 0.05) is 6.04 Å². The van der Waals surface area contributed by atoms with Gasteiger partial charge in [0.15, 0.2) is 6.61 Å². The molecule has 156 valence electrons. The van der Waals surface area contributed by atoms with Crippen LogP contribution in [-0.2, 0) is 16.1 Å². The molecule has 0 unspecified atom stereocenters. The van der Waals surface area contributed by atoms with Gasteiger partial charge >= 0.3 is 5.97 Å². The molecule has 2 aromatic rings. The maximum Gasteiger partial charge on any atom is 0.343 e. The number of nitrogens with one attached hydrogen (secondary N) is 1. The van der Waals surface area contributed by atoms with Crippen LogP contribution >= 0.6 is 11.6 Å². The number of halogens is 1. The smallest absolute Gasteiger partial charge is 0.343 e. The summed E-state index contributed by atoms with van der Waals surface area (Å²) in [6, 6.07) is 8.17. The Labute approximate surface area is 176 Å². The highest BCUT2D eigenvalue weighted by Gasteiger charge is 2.25. The number of benzene rings is 1. The number of hydrogen-bond donors (Lipinski definition) is 1. The van der Waals surface area contributed by atoms with Gasteiger partial charge < -0.3 is 10.1 Å². The number of carbonyl (C=O) groups is 2. The van der Waals surface area contributed by atoms with Gasteiger partial charge in [-0.3, -0.25) is 4.79 Å². The molecule has 0 spiro atoms. The molecule has 0 saturated heterocycles. The van der Waals surface area contributed by atoms with Crippen molar-refractivity contribution < 1.29 is 14.3 Å². The maximum atomic E-state index is 12.5. The van der Waals surface area contributed by atoms with E-state index in [0.717, 1.165) is 24.8 Å². The second-order valence-corrected chi connectivity index (χ2v) is 8.26. The van der Waals surface area contributed by atoms with Crippen LogP contribution in [0.1, 0.15) is 59.8 Å². The van der Waals surface area contributed by atoms with E-state index in [1.54, 1.807) is 11.6 Å². The van der Waals surface area contributed by atoms with Gasteiger partial charge in [0.2, 0.25) is 0 Å². The normalized spacial score (nSPS) is 19.0. The zero-order chi connectivity index (χ0) is 21.0. The third-order valence-electron chi connectivity index (χ3n) is 5.51. The Morgan fingerprint density at radius 2 is 1.90 bits per heavy atom. The summed E-state index contributed by atoms with van der Waals surface area (Å²) >= 11 is 6.39. The average Bonchev–Trinajstić information content (AvgIpc) is 2.97. The van der Waals surface area contributed by atoms with Crippen molar-refractivity contribution in [3.63, 3.8) is 0 Å². The summed E-state index contributed by atoms with van der Waals surface area (Å²) in [7, 11) is 0. The number of aromatic nitrogens is 2. The highest BCUT2D eigenvalue weighted by molar-refractivity contribution is 6.32. The lowest BCUT2D eigenvalue weighted by Gasteiger charge is -2.29. The van der Waals surface area contributed by atoms with Crippen LogP contribution in [0.15, 0.2) is 24.3 Å². The number of amides is 1. The molecule has 1 aliphatic rings. The molecule has 1 N–H and O–H groups in total. The largest absolute Gasteiger partial charge is 0.452 e. The molecular weight excluding hydrogens is 390 g/mol. The Bertz CT molecular complexity index is 876. The van der Waals surface area contributed by atoms with Crippen molar-refractivity contribution in [3.05, 3.63) is 51.8 Å². The van der Waals surface area contributed by atoms with Crippen molar-refractivity contribution in [2.45, 2.75) is 59.0 Å². The van der Waals surface area contributed by atoms with Crippen LogP contribution in [0.4, 0.5) is 0 Å². The minimum atomic E-state index is -0.630. The Kier molecular flexibility index (Phi) is 6.96. The fraction of sp³-hybridized carbons (Fsp3) is 0.500. The molecule has 1 aromatic heterocycles. The fourth-order valence-corrected chi connectivity index (χ4v) is 4.05. The monoisotopic (exact) mass is 417 g/mol. The van der Waals surface area contributed by atoms with Crippen LogP contribution in [0, 0.1) is 19.8 Å². The van der Waals surface area contributed by atoms with Crippen molar-refractivity contribution in [3.8, 4) is 0 Å². The van der Waals surface area contributed by atoms with Crippen molar-refractivity contribution in [2.75, 3.05) is 6.61 Å². The van der Waals surface area contributed by atoms with Gasteiger partial charge in [0.1, 0.15) is 10.7 Å². The van der Waals surface area contributed by atoms with Gasteiger partial charge in [-0.1, -0.05) is 61.2 Å². The fourth-order valence-electron chi connectivity index (χ4n) is 3.74. The second-order valence-electron chi connectivity index (χ2n) is 7.91. The second kappa shape index (κ2) is 9.44. The molecule has 2 atom stereocenters. The van der Waals surface area contributed by atoms with Crippen LogP contribution in [0.5, 0.6) is 0 Å². The summed E-state index contributed by atoms with van der Waals surface area (Å²) in [5.41, 5.74) is 2.88. The van der Waals surface area contributed by atoms with Crippen molar-refractivity contribution >= 4 is 23.5 Å². The van der Waals surface area contributed by atoms with E-state index in [1.807, 2.05) is 31.2 Å². The van der Waals surface area contributed by atoms with E-state index >= 15 is 0 Å². The van der Waals surface area contributed by atoms with E-state index in [9.17, 15) is 9.59 Å². The SMILES string of the molecule is Cc1ccc(Cn2nc(C)c(C(=O)OCC(=O)N[C@H]3CCCC[C@H]3C)c2Cl)cc1. The van der Waals surface area contributed by atoms with E-state index < -0.39 is 5.97 Å². The molecule has 1 amide bonds. The molecule has 1 aromatic carbocycles. The Balaban J connectivity index is 1.59. The minimum Gasteiger partial charge on any atom is -0.452 e. The summed E-state index contributed by atoms with van der Waals surface area (Å²) in [4.78, 5) is 24.7. The highest BCUT2D eigenvalue weighted by Crippen LogP contribution is 2.24. The Morgan fingerprint density at radius 1 is 1.21 bits per heavy atom. The standard InChI is InChI=1S/C22H28ClN3O3/c1-14-8-10-17(11-9-14)12-26-21(23)20(16(3)25-26)22(28)29-13-19(27)24-18-7-5-4-6-15(18)2/h8-11,15,18H,4-7,12-13H2,1-3H3,(H,24,27)/t15-,18+/m1/s1. The van der Waals surface area contributed by atoms with Crippen molar-refractivity contribution in [1.82, 2.24) is 15.1 Å². The quantitative estimate of drug-likeness (QED) is 0.719. The lowest BCUT2D eigenvalue weighted by molar-refractivity contribution is -0.125. The molecule has 0 aliphatic heterocycles. The van der Waals surface area contributed by atoms with Gasteiger partial charge in [-0.05, 0) is 38.2 Å². The predicted molar refractivity (Wildman–Crippen MR) is 112 cm³/mol. The van der Waals surface area contributed by atoms with Crippen molar-refractivity contribution in [1.29, 1.82) is 0 Å². The average molecular weight is 418 g/mol. The molecule has 0 bridgehead atoms. The number of nitrogens with zero attached hydrogens (tertiary/aromatic N) is 2. The number of ether oxygens (including phenoxy) is 1. The molecule has 1 heterocycles. The first-order valence-electron chi connectivity index (χ1n) is 10.1. The Hall–Kier alpha value is -2.34. The minimum absolute atomic E-state index is 0.150. The number of hydrogen-bond acceptors (Lipinski definition) is 4. The van der Waals surface area contributed by atoms with Gasteiger partial charge in [-0.15, -0.1) is 0 Å². The van der Waals surface area contributed by atoms with E-state index in [-0.39, 0.29) is 29.3 Å². The molecular formula is C22H28ClN3O3. The number of esters is 1. The molecule has 7 heteroatoms. The summed E-state index contributed by atoms with van der Waals surface area (Å²) in [5.74, 6) is -0.465. The highest BCUT2D eigenvalue weighted by atomic mass is 35.5. The maximum absolute atomic E-state index is 12.5. The molecule has 1 fully saturated rings. The molecule has 1 saturated carbocycles. The van der Waals surface area contributed by atoms with Gasteiger partial charge in [0.25, 0.3) is 5.91 Å². The van der Waals surface area contributed by atoms with Crippen molar-refractivity contribution in [2.24, 2.45) is 5.92 Å². The summed E-state index contributed by atoms with van der Waals surface area (Å²) in [6.45, 7) is 6.00. The molecule has 1 aliphatic carbocycles. The van der Waals surface area contributed by atoms with E-state index in [1.165, 1.54) is 12.0 Å². The predicted octanol–water partition coefficient (Wildman–Crippen LogP) is 4.05. The van der Waals surface area contributed by atoms with Crippen LogP contribution in [0.25, 0.3) is 0 Å². The molecule has 0 radical (unpaired) electrons. The van der Waals surface area contributed by atoms with Crippen LogP contribution < -0.4 is 5.32 Å². The molecule has 29 heavy (non-hydrogen) atoms. The lowest BCUT2D eigenvalue weighted by Crippen LogP contribution is -2.42. The Morgan fingerprint density at radius 3 is 2.59 bits per heavy atom. The zero-order valence-electron chi connectivity index (χ0n) is 17.2. The van der Waals surface area contributed by atoms with Crippen LogP contribution in [0.3, 0.4) is 0 Å². The summed E-state index contributed by atoms with van der Waals surface area (Å²) in [5, 5.41) is 7.56. The van der Waals surface area contributed by atoms with Crippen LogP contribution in [0.2, 0.25) is 5.15 Å². The third kappa shape index (κ3) is 5.38. The van der Waals surface area contributed by atoms with Crippen LogP contribution in [-0.4, -0.2) is 34.3 Å². The third-order valence-corrected chi connectivity index (χ3v) is 5.90. The molecule has 6 nitrogen and oxygen atoms in total. The molecule has 3 rings (SSSR count). The number of carbonyl (C=O) groups excluding carboxylic acids is 2. The topological polar surface area (TPSA) is 73.2 Å². The summed E-state index contributed by atoms with van der Waals surface area (Å²) < 4.78 is 6.79. The first-order chi connectivity index (χ1) is 13.8. The van der Waals surface area contributed by atoms with E-state index in [0.29, 0.717) is 18.2 Å².